The molecular formula is C22H27ClN4O4S. The van der Waals surface area contributed by atoms with E-state index in [0.29, 0.717) is 31.5 Å². The lowest BCUT2D eigenvalue weighted by molar-refractivity contribution is 0.0698. The molecule has 172 valence electrons. The van der Waals surface area contributed by atoms with E-state index in [0.717, 1.165) is 0 Å². The van der Waals surface area contributed by atoms with Crippen LogP contribution >= 0.6 is 11.6 Å². The number of amides is 2. The van der Waals surface area contributed by atoms with Gasteiger partial charge in [0.15, 0.2) is 0 Å². The summed E-state index contributed by atoms with van der Waals surface area (Å²) < 4.78 is 28.0. The average Bonchev–Trinajstić information content (AvgIpc) is 2.73. The number of rotatable bonds is 5. The van der Waals surface area contributed by atoms with Crippen LogP contribution in [0.4, 0.5) is 0 Å². The average molecular weight is 479 g/mol. The molecule has 0 atom stereocenters. The predicted molar refractivity (Wildman–Crippen MR) is 122 cm³/mol. The molecule has 2 aromatic rings. The summed E-state index contributed by atoms with van der Waals surface area (Å²) in [7, 11) is -3.89. The van der Waals surface area contributed by atoms with Crippen molar-refractivity contribution in [1.29, 1.82) is 0 Å². The molecule has 1 saturated heterocycles. The highest BCUT2D eigenvalue weighted by Gasteiger charge is 2.28. The van der Waals surface area contributed by atoms with Gasteiger partial charge in [-0.25, -0.2) is 13.1 Å². The third-order valence-electron chi connectivity index (χ3n) is 4.95. The van der Waals surface area contributed by atoms with Crippen LogP contribution in [0.2, 0.25) is 5.02 Å². The Hall–Kier alpha value is -2.49. The van der Waals surface area contributed by atoms with Crippen LogP contribution < -0.4 is 10.0 Å². The fraction of sp³-hybridized carbons (Fsp3) is 0.409. The molecule has 1 aliphatic rings. The first-order chi connectivity index (χ1) is 15.0. The maximum absolute atomic E-state index is 13.0. The van der Waals surface area contributed by atoms with Crippen LogP contribution in [0.1, 0.15) is 54.3 Å². The standard InChI is InChI=1S/C22H27ClN4O4S/c1-22(2,3)26-32(30,31)19-13-15(6-7-18(19)23)21(29)27-11-8-17(9-12-27)25-20(28)16-5-4-10-24-14-16/h4-7,10,13-14,17,26H,8-9,11-12H2,1-3H3,(H,25,28). The van der Waals surface area contributed by atoms with E-state index in [1.54, 1.807) is 44.0 Å². The van der Waals surface area contributed by atoms with Gasteiger partial charge in [0.2, 0.25) is 10.0 Å². The topological polar surface area (TPSA) is 108 Å². The van der Waals surface area contributed by atoms with Crippen LogP contribution in [0.3, 0.4) is 0 Å². The van der Waals surface area contributed by atoms with Gasteiger partial charge >= 0.3 is 0 Å². The van der Waals surface area contributed by atoms with Crippen molar-refractivity contribution in [3.8, 4) is 0 Å². The highest BCUT2D eigenvalue weighted by atomic mass is 35.5. The Morgan fingerprint density at radius 3 is 2.41 bits per heavy atom. The van der Waals surface area contributed by atoms with Crippen molar-refractivity contribution in [2.45, 2.75) is 50.1 Å². The molecule has 1 aromatic carbocycles. The number of halogens is 1. The molecular weight excluding hydrogens is 452 g/mol. The summed E-state index contributed by atoms with van der Waals surface area (Å²) in [5.74, 6) is -0.465. The summed E-state index contributed by atoms with van der Waals surface area (Å²) in [6, 6.07) is 7.61. The quantitative estimate of drug-likeness (QED) is 0.686. The Bertz CT molecular complexity index is 1090. The van der Waals surface area contributed by atoms with Crippen molar-refractivity contribution >= 4 is 33.4 Å². The molecule has 0 aliphatic carbocycles. The molecule has 1 aliphatic heterocycles. The molecule has 1 fully saturated rings. The molecule has 0 bridgehead atoms. The van der Waals surface area contributed by atoms with Gasteiger partial charge in [0.25, 0.3) is 11.8 Å². The number of piperidine rings is 1. The van der Waals surface area contributed by atoms with E-state index in [1.807, 2.05) is 0 Å². The molecule has 0 spiro atoms. The molecule has 10 heteroatoms. The lowest BCUT2D eigenvalue weighted by atomic mass is 10.0. The number of aromatic nitrogens is 1. The number of sulfonamides is 1. The molecule has 2 heterocycles. The number of hydrogen-bond acceptors (Lipinski definition) is 5. The summed E-state index contributed by atoms with van der Waals surface area (Å²) in [6.07, 6.45) is 4.31. The molecule has 32 heavy (non-hydrogen) atoms. The molecule has 1 aromatic heterocycles. The van der Waals surface area contributed by atoms with Gasteiger partial charge in [-0.2, -0.15) is 0 Å². The normalized spacial score (nSPS) is 15.4. The van der Waals surface area contributed by atoms with Gasteiger partial charge in [-0.1, -0.05) is 11.6 Å². The SMILES string of the molecule is CC(C)(C)NS(=O)(=O)c1cc(C(=O)N2CCC(NC(=O)c3cccnc3)CC2)ccc1Cl. The monoisotopic (exact) mass is 478 g/mol. The van der Waals surface area contributed by atoms with Gasteiger partial charge < -0.3 is 10.2 Å². The van der Waals surface area contributed by atoms with Gasteiger partial charge in [0, 0.05) is 42.6 Å². The Balaban J connectivity index is 1.66. The zero-order valence-corrected chi connectivity index (χ0v) is 19.8. The van der Waals surface area contributed by atoms with Crippen LogP contribution in [0.15, 0.2) is 47.6 Å². The number of nitrogens with one attached hydrogen (secondary N) is 2. The summed E-state index contributed by atoms with van der Waals surface area (Å²) in [4.78, 5) is 30.8. The molecule has 0 saturated carbocycles. The number of likely N-dealkylation sites (tertiary alicyclic amines) is 1. The number of carbonyl (C=O) groups is 2. The fourth-order valence-corrected chi connectivity index (χ4v) is 5.42. The lowest BCUT2D eigenvalue weighted by Gasteiger charge is -2.32. The van der Waals surface area contributed by atoms with Crippen molar-refractivity contribution in [3.05, 3.63) is 58.9 Å². The molecule has 3 rings (SSSR count). The van der Waals surface area contributed by atoms with Gasteiger partial charge in [-0.15, -0.1) is 0 Å². The highest BCUT2D eigenvalue weighted by molar-refractivity contribution is 7.89. The third kappa shape index (κ3) is 6.05. The fourth-order valence-electron chi connectivity index (χ4n) is 3.48. The van der Waals surface area contributed by atoms with Crippen LogP contribution in [0.25, 0.3) is 0 Å². The van der Waals surface area contributed by atoms with Crippen LogP contribution in [0, 0.1) is 0 Å². The van der Waals surface area contributed by atoms with Gasteiger partial charge in [0.05, 0.1) is 10.6 Å². The Morgan fingerprint density at radius 2 is 1.81 bits per heavy atom. The third-order valence-corrected chi connectivity index (χ3v) is 7.19. The summed E-state index contributed by atoms with van der Waals surface area (Å²) in [5.41, 5.74) is 0.0518. The zero-order chi connectivity index (χ0) is 23.5. The largest absolute Gasteiger partial charge is 0.349 e. The zero-order valence-electron chi connectivity index (χ0n) is 18.3. The van der Waals surface area contributed by atoms with Crippen molar-refractivity contribution in [2.24, 2.45) is 0 Å². The maximum Gasteiger partial charge on any atom is 0.253 e. The molecule has 2 N–H and O–H groups in total. The second-order valence-corrected chi connectivity index (χ2v) is 10.8. The minimum atomic E-state index is -3.89. The van der Waals surface area contributed by atoms with Crippen molar-refractivity contribution in [1.82, 2.24) is 19.9 Å². The van der Waals surface area contributed by atoms with Crippen LogP contribution in [-0.2, 0) is 10.0 Å². The van der Waals surface area contributed by atoms with Crippen LogP contribution in [0.5, 0.6) is 0 Å². The first-order valence-electron chi connectivity index (χ1n) is 10.3. The number of carbonyl (C=O) groups excluding carboxylic acids is 2. The molecule has 0 radical (unpaired) electrons. The summed E-state index contributed by atoms with van der Waals surface area (Å²) >= 11 is 6.13. The van der Waals surface area contributed by atoms with Crippen molar-refractivity contribution in [2.75, 3.05) is 13.1 Å². The molecule has 0 unspecified atom stereocenters. The minimum Gasteiger partial charge on any atom is -0.349 e. The van der Waals surface area contributed by atoms with E-state index in [2.05, 4.69) is 15.0 Å². The first kappa shape index (κ1) is 24.2. The Kier molecular flexibility index (Phi) is 7.22. The van der Waals surface area contributed by atoms with E-state index in [-0.39, 0.29) is 33.3 Å². The van der Waals surface area contributed by atoms with E-state index >= 15 is 0 Å². The van der Waals surface area contributed by atoms with E-state index < -0.39 is 15.6 Å². The summed E-state index contributed by atoms with van der Waals surface area (Å²) in [5, 5.41) is 3.02. The van der Waals surface area contributed by atoms with Gasteiger partial charge in [-0.3, -0.25) is 14.6 Å². The second kappa shape index (κ2) is 9.56. The Labute approximate surface area is 193 Å². The first-order valence-corrected chi connectivity index (χ1v) is 12.2. The lowest BCUT2D eigenvalue weighted by Crippen LogP contribution is -2.46. The van der Waals surface area contributed by atoms with E-state index in [1.165, 1.54) is 24.4 Å². The maximum atomic E-state index is 13.0. The van der Waals surface area contributed by atoms with Gasteiger partial charge in [-0.05, 0) is 63.9 Å². The highest BCUT2D eigenvalue weighted by Crippen LogP contribution is 2.25. The Morgan fingerprint density at radius 1 is 1.12 bits per heavy atom. The van der Waals surface area contributed by atoms with E-state index in [4.69, 9.17) is 11.6 Å². The summed E-state index contributed by atoms with van der Waals surface area (Å²) in [6.45, 7) is 6.07. The number of nitrogens with zero attached hydrogens (tertiary/aromatic N) is 2. The minimum absolute atomic E-state index is 0.0510. The number of pyridine rings is 1. The molecule has 8 nitrogen and oxygen atoms in total. The molecule has 2 amide bonds. The van der Waals surface area contributed by atoms with Gasteiger partial charge in [0.1, 0.15) is 4.90 Å². The van der Waals surface area contributed by atoms with E-state index in [9.17, 15) is 18.0 Å². The second-order valence-electron chi connectivity index (χ2n) is 8.78. The van der Waals surface area contributed by atoms with Crippen molar-refractivity contribution < 1.29 is 18.0 Å². The predicted octanol–water partition coefficient (Wildman–Crippen LogP) is 2.85. The van der Waals surface area contributed by atoms with Crippen LogP contribution in [-0.4, -0.2) is 54.8 Å². The smallest absolute Gasteiger partial charge is 0.253 e. The number of benzene rings is 1. The number of hydrogen-bond donors (Lipinski definition) is 2. The van der Waals surface area contributed by atoms with Crippen molar-refractivity contribution in [3.63, 3.8) is 0 Å².